The molecule has 0 heterocycles. The summed E-state index contributed by atoms with van der Waals surface area (Å²) in [5.41, 5.74) is 7.51. The molecule has 4 heteroatoms. The zero-order valence-electron chi connectivity index (χ0n) is 10.2. The Labute approximate surface area is 109 Å². The highest BCUT2D eigenvalue weighted by Gasteiger charge is 2.30. The predicted octanol–water partition coefficient (Wildman–Crippen LogP) is 3.75. The third kappa shape index (κ3) is 3.58. The van der Waals surface area contributed by atoms with E-state index in [0.29, 0.717) is 18.5 Å². The second-order valence-electron chi connectivity index (χ2n) is 4.40. The first kappa shape index (κ1) is 13.6. The summed E-state index contributed by atoms with van der Waals surface area (Å²) in [5, 5.41) is 0. The average molecular weight is 265 g/mol. The minimum atomic E-state index is -4.30. The maximum absolute atomic E-state index is 12.6. The van der Waals surface area contributed by atoms with Crippen LogP contribution in [0, 0.1) is 0 Å². The van der Waals surface area contributed by atoms with Gasteiger partial charge in [-0.3, -0.25) is 0 Å². The maximum Gasteiger partial charge on any atom is 0.416 e. The average Bonchev–Trinajstić information content (AvgIpc) is 2.38. The molecular weight excluding hydrogens is 251 g/mol. The predicted molar refractivity (Wildman–Crippen MR) is 68.6 cm³/mol. The number of alkyl halides is 3. The van der Waals surface area contributed by atoms with E-state index in [1.807, 2.05) is 24.3 Å². The molecule has 2 aromatic carbocycles. The van der Waals surface area contributed by atoms with Gasteiger partial charge in [0.05, 0.1) is 5.56 Å². The Balaban J connectivity index is 2.23. The van der Waals surface area contributed by atoms with Crippen molar-refractivity contribution in [3.8, 4) is 0 Å². The highest BCUT2D eigenvalue weighted by Crippen LogP contribution is 2.30. The molecule has 0 aliphatic heterocycles. The van der Waals surface area contributed by atoms with E-state index in [0.717, 1.165) is 17.2 Å². The van der Waals surface area contributed by atoms with Crippen LogP contribution in [0.25, 0.3) is 0 Å². The summed E-state index contributed by atoms with van der Waals surface area (Å²) in [5.74, 6) is 0. The smallest absolute Gasteiger partial charge is 0.326 e. The van der Waals surface area contributed by atoms with Crippen molar-refractivity contribution in [1.82, 2.24) is 0 Å². The van der Waals surface area contributed by atoms with Crippen LogP contribution in [0.5, 0.6) is 0 Å². The van der Waals surface area contributed by atoms with E-state index < -0.39 is 11.7 Å². The molecule has 0 atom stereocenters. The molecule has 19 heavy (non-hydrogen) atoms. The minimum absolute atomic E-state index is 0.427. The number of hydrogen-bond donors (Lipinski definition) is 1. The first-order valence-corrected chi connectivity index (χ1v) is 5.93. The minimum Gasteiger partial charge on any atom is -0.326 e. The molecule has 0 aliphatic rings. The van der Waals surface area contributed by atoms with Gasteiger partial charge in [-0.1, -0.05) is 42.5 Å². The van der Waals surface area contributed by atoms with E-state index >= 15 is 0 Å². The third-order valence-corrected chi connectivity index (χ3v) is 2.89. The largest absolute Gasteiger partial charge is 0.416 e. The van der Waals surface area contributed by atoms with Crippen LogP contribution in [0.1, 0.15) is 22.3 Å². The molecule has 100 valence electrons. The summed E-state index contributed by atoms with van der Waals surface area (Å²) in [6.07, 6.45) is -3.83. The first-order chi connectivity index (χ1) is 8.99. The van der Waals surface area contributed by atoms with Crippen LogP contribution in [-0.4, -0.2) is 0 Å². The Bertz CT molecular complexity index is 561. The fourth-order valence-corrected chi connectivity index (χ4v) is 1.96. The quantitative estimate of drug-likeness (QED) is 0.898. The van der Waals surface area contributed by atoms with Crippen molar-refractivity contribution in [3.05, 3.63) is 70.8 Å². The summed E-state index contributed by atoms with van der Waals surface area (Å²) in [6.45, 7) is 0.427. The van der Waals surface area contributed by atoms with Crippen molar-refractivity contribution in [1.29, 1.82) is 0 Å². The lowest BCUT2D eigenvalue weighted by Gasteiger charge is -2.09. The van der Waals surface area contributed by atoms with E-state index in [1.165, 1.54) is 12.1 Å². The van der Waals surface area contributed by atoms with Gasteiger partial charge in [0.1, 0.15) is 0 Å². The van der Waals surface area contributed by atoms with Crippen molar-refractivity contribution in [2.45, 2.75) is 19.1 Å². The monoisotopic (exact) mass is 265 g/mol. The lowest BCUT2D eigenvalue weighted by atomic mass is 10.0. The van der Waals surface area contributed by atoms with Crippen LogP contribution in [0.3, 0.4) is 0 Å². The van der Waals surface area contributed by atoms with Crippen molar-refractivity contribution in [2.24, 2.45) is 5.73 Å². The fourth-order valence-electron chi connectivity index (χ4n) is 1.96. The standard InChI is InChI=1S/C15H14F3N/c16-15(17,18)14-6-2-4-12(9-14)7-11-3-1-5-13(8-11)10-19/h1-6,8-9H,7,10,19H2. The Hall–Kier alpha value is -1.81. The molecule has 2 rings (SSSR count). The van der Waals surface area contributed by atoms with Crippen molar-refractivity contribution < 1.29 is 13.2 Å². The topological polar surface area (TPSA) is 26.0 Å². The number of hydrogen-bond acceptors (Lipinski definition) is 1. The van der Waals surface area contributed by atoms with Gasteiger partial charge in [-0.25, -0.2) is 0 Å². The van der Waals surface area contributed by atoms with Crippen molar-refractivity contribution in [2.75, 3.05) is 0 Å². The molecule has 2 N–H and O–H groups in total. The van der Waals surface area contributed by atoms with Gasteiger partial charge >= 0.3 is 6.18 Å². The Morgan fingerprint density at radius 1 is 0.842 bits per heavy atom. The van der Waals surface area contributed by atoms with Gasteiger partial charge in [-0.15, -0.1) is 0 Å². The summed E-state index contributed by atoms with van der Waals surface area (Å²) in [7, 11) is 0. The van der Waals surface area contributed by atoms with Gasteiger partial charge in [0.25, 0.3) is 0 Å². The van der Waals surface area contributed by atoms with Gasteiger partial charge in [-0.05, 0) is 29.2 Å². The molecule has 0 bridgehead atoms. The van der Waals surface area contributed by atoms with E-state index in [2.05, 4.69) is 0 Å². The second-order valence-corrected chi connectivity index (χ2v) is 4.40. The van der Waals surface area contributed by atoms with Gasteiger partial charge < -0.3 is 5.73 Å². The van der Waals surface area contributed by atoms with Gasteiger partial charge in [0, 0.05) is 6.54 Å². The van der Waals surface area contributed by atoms with Crippen LogP contribution >= 0.6 is 0 Å². The number of nitrogens with two attached hydrogens (primary N) is 1. The summed E-state index contributed by atoms with van der Waals surface area (Å²) < 4.78 is 37.8. The molecule has 0 radical (unpaired) electrons. The van der Waals surface area contributed by atoms with Crippen molar-refractivity contribution in [3.63, 3.8) is 0 Å². The maximum atomic E-state index is 12.6. The SMILES string of the molecule is NCc1cccc(Cc2cccc(C(F)(F)F)c2)c1. The van der Waals surface area contributed by atoms with E-state index in [4.69, 9.17) is 5.73 Å². The summed E-state index contributed by atoms with van der Waals surface area (Å²) in [4.78, 5) is 0. The molecule has 0 saturated carbocycles. The van der Waals surface area contributed by atoms with Crippen LogP contribution in [0.15, 0.2) is 48.5 Å². The molecule has 0 spiro atoms. The van der Waals surface area contributed by atoms with Crippen molar-refractivity contribution >= 4 is 0 Å². The molecule has 0 saturated heterocycles. The van der Waals surface area contributed by atoms with Gasteiger partial charge in [0.2, 0.25) is 0 Å². The molecule has 0 aromatic heterocycles. The normalized spacial score (nSPS) is 11.6. The zero-order valence-corrected chi connectivity index (χ0v) is 10.2. The van der Waals surface area contributed by atoms with Crippen LogP contribution < -0.4 is 5.73 Å². The zero-order chi connectivity index (χ0) is 13.9. The van der Waals surface area contributed by atoms with E-state index in [9.17, 15) is 13.2 Å². The Morgan fingerprint density at radius 3 is 2.05 bits per heavy atom. The molecule has 0 unspecified atom stereocenters. The highest BCUT2D eigenvalue weighted by atomic mass is 19.4. The summed E-state index contributed by atoms with van der Waals surface area (Å²) >= 11 is 0. The van der Waals surface area contributed by atoms with E-state index in [-0.39, 0.29) is 0 Å². The molecule has 2 aromatic rings. The lowest BCUT2D eigenvalue weighted by molar-refractivity contribution is -0.137. The number of benzene rings is 2. The Kier molecular flexibility index (Phi) is 3.90. The molecule has 0 aliphatic carbocycles. The summed E-state index contributed by atoms with van der Waals surface area (Å²) in [6, 6.07) is 13.0. The Morgan fingerprint density at radius 2 is 1.42 bits per heavy atom. The van der Waals surface area contributed by atoms with Gasteiger partial charge in [0.15, 0.2) is 0 Å². The fraction of sp³-hybridized carbons (Fsp3) is 0.200. The molecular formula is C15H14F3N. The van der Waals surface area contributed by atoms with Crippen LogP contribution in [-0.2, 0) is 19.1 Å². The number of halogens is 3. The third-order valence-electron chi connectivity index (χ3n) is 2.89. The molecule has 0 amide bonds. The van der Waals surface area contributed by atoms with Crippen LogP contribution in [0.4, 0.5) is 13.2 Å². The number of rotatable bonds is 3. The molecule has 0 fully saturated rings. The van der Waals surface area contributed by atoms with Gasteiger partial charge in [-0.2, -0.15) is 13.2 Å². The van der Waals surface area contributed by atoms with E-state index in [1.54, 1.807) is 6.07 Å². The van der Waals surface area contributed by atoms with Crippen LogP contribution in [0.2, 0.25) is 0 Å². The second kappa shape index (κ2) is 5.45. The highest BCUT2D eigenvalue weighted by molar-refractivity contribution is 5.32. The lowest BCUT2D eigenvalue weighted by Crippen LogP contribution is -2.05. The first-order valence-electron chi connectivity index (χ1n) is 5.93. The molecule has 1 nitrogen and oxygen atoms in total.